The summed E-state index contributed by atoms with van der Waals surface area (Å²) < 4.78 is 12.9. The molecule has 76 valence electrons. The van der Waals surface area contributed by atoms with Crippen LogP contribution in [0.2, 0.25) is 0 Å². The smallest absolute Gasteiger partial charge is 0.179 e. The average molecular weight is 195 g/mol. The molecule has 0 spiro atoms. The van der Waals surface area contributed by atoms with Crippen molar-refractivity contribution < 1.29 is 9.18 Å². The molecule has 0 saturated heterocycles. The van der Waals surface area contributed by atoms with Crippen LogP contribution in [0.25, 0.3) is 0 Å². The van der Waals surface area contributed by atoms with Gasteiger partial charge in [-0.05, 0) is 37.1 Å². The lowest BCUT2D eigenvalue weighted by Gasteiger charge is -2.08. The van der Waals surface area contributed by atoms with Crippen LogP contribution in [0.4, 0.5) is 4.39 Å². The van der Waals surface area contributed by atoms with Crippen LogP contribution >= 0.6 is 0 Å². The zero-order valence-corrected chi connectivity index (χ0v) is 8.38. The third kappa shape index (κ3) is 2.17. The molecule has 0 heterocycles. The second-order valence-corrected chi connectivity index (χ2v) is 3.34. The number of nitrogens with two attached hydrogens (primary N) is 1. The van der Waals surface area contributed by atoms with Gasteiger partial charge in [0.15, 0.2) is 5.78 Å². The molecule has 0 bridgehead atoms. The van der Waals surface area contributed by atoms with E-state index in [1.165, 1.54) is 18.2 Å². The van der Waals surface area contributed by atoms with Crippen LogP contribution in [0.3, 0.4) is 0 Å². The Bertz CT molecular complexity index is 349. The van der Waals surface area contributed by atoms with Crippen molar-refractivity contribution >= 4 is 5.78 Å². The van der Waals surface area contributed by atoms with E-state index in [1.807, 2.05) is 6.92 Å². The number of aryl methyl sites for hydroxylation is 1. The zero-order chi connectivity index (χ0) is 10.7. The topological polar surface area (TPSA) is 43.1 Å². The molecule has 0 fully saturated rings. The van der Waals surface area contributed by atoms with E-state index < -0.39 is 6.04 Å². The van der Waals surface area contributed by atoms with Crippen LogP contribution in [0.1, 0.15) is 29.3 Å². The van der Waals surface area contributed by atoms with Crippen molar-refractivity contribution in [2.75, 3.05) is 0 Å². The monoisotopic (exact) mass is 195 g/mol. The van der Waals surface area contributed by atoms with Crippen LogP contribution in [0, 0.1) is 12.7 Å². The van der Waals surface area contributed by atoms with Crippen LogP contribution < -0.4 is 5.73 Å². The van der Waals surface area contributed by atoms with Crippen molar-refractivity contribution in [3.8, 4) is 0 Å². The molecule has 0 saturated carbocycles. The van der Waals surface area contributed by atoms with Crippen molar-refractivity contribution in [3.05, 3.63) is 35.1 Å². The molecule has 1 aromatic rings. The first kappa shape index (κ1) is 10.9. The fourth-order valence-electron chi connectivity index (χ4n) is 1.20. The first-order valence-corrected chi connectivity index (χ1v) is 4.62. The number of hydrogen-bond donors (Lipinski definition) is 1. The average Bonchev–Trinajstić information content (AvgIpc) is 2.20. The van der Waals surface area contributed by atoms with Gasteiger partial charge in [-0.2, -0.15) is 0 Å². The van der Waals surface area contributed by atoms with E-state index in [0.717, 1.165) is 0 Å². The van der Waals surface area contributed by atoms with Gasteiger partial charge in [-0.25, -0.2) is 4.39 Å². The maximum Gasteiger partial charge on any atom is 0.179 e. The largest absolute Gasteiger partial charge is 0.321 e. The summed E-state index contributed by atoms with van der Waals surface area (Å²) in [5, 5.41) is 0. The Hall–Kier alpha value is -1.22. The summed E-state index contributed by atoms with van der Waals surface area (Å²) in [6.07, 6.45) is 0.593. The van der Waals surface area contributed by atoms with Crippen molar-refractivity contribution in [2.45, 2.75) is 26.3 Å². The minimum Gasteiger partial charge on any atom is -0.321 e. The van der Waals surface area contributed by atoms with Gasteiger partial charge in [0.25, 0.3) is 0 Å². The third-order valence-corrected chi connectivity index (χ3v) is 2.22. The van der Waals surface area contributed by atoms with Gasteiger partial charge in [0, 0.05) is 5.56 Å². The predicted molar refractivity (Wildman–Crippen MR) is 53.7 cm³/mol. The lowest BCUT2D eigenvalue weighted by Crippen LogP contribution is -2.29. The maximum absolute atomic E-state index is 12.9. The number of hydrogen-bond acceptors (Lipinski definition) is 2. The molecule has 0 amide bonds. The Morgan fingerprint density at radius 3 is 2.71 bits per heavy atom. The molecule has 2 N–H and O–H groups in total. The highest BCUT2D eigenvalue weighted by atomic mass is 19.1. The fraction of sp³-hybridized carbons (Fsp3) is 0.364. The van der Waals surface area contributed by atoms with Gasteiger partial charge in [0.1, 0.15) is 5.82 Å². The highest BCUT2D eigenvalue weighted by Gasteiger charge is 2.14. The minimum atomic E-state index is -0.486. The molecule has 1 rings (SSSR count). The van der Waals surface area contributed by atoms with Gasteiger partial charge in [0.05, 0.1) is 6.04 Å². The molecule has 0 aliphatic carbocycles. The Kier molecular flexibility index (Phi) is 3.36. The van der Waals surface area contributed by atoms with Crippen molar-refractivity contribution in [1.29, 1.82) is 0 Å². The molecule has 0 radical (unpaired) electrons. The summed E-state index contributed by atoms with van der Waals surface area (Å²) in [5.74, 6) is -0.429. The molecular weight excluding hydrogens is 181 g/mol. The standard InChI is InChI=1S/C11H14FNO/c1-3-10(13)11(14)8-4-5-9(12)7(2)6-8/h4-6,10H,3,13H2,1-2H3. The number of halogens is 1. The summed E-state index contributed by atoms with van der Waals surface area (Å²) in [5.41, 5.74) is 6.55. The summed E-state index contributed by atoms with van der Waals surface area (Å²) >= 11 is 0. The van der Waals surface area contributed by atoms with Crippen LogP contribution in [-0.2, 0) is 0 Å². The summed E-state index contributed by atoms with van der Waals surface area (Å²) in [6.45, 7) is 3.47. The quantitative estimate of drug-likeness (QED) is 0.750. The molecule has 0 aromatic heterocycles. The molecule has 0 aliphatic rings. The Labute approximate surface area is 82.9 Å². The number of rotatable bonds is 3. The van der Waals surface area contributed by atoms with E-state index in [-0.39, 0.29) is 11.6 Å². The second kappa shape index (κ2) is 4.33. The van der Waals surface area contributed by atoms with E-state index in [9.17, 15) is 9.18 Å². The van der Waals surface area contributed by atoms with Crippen LogP contribution in [-0.4, -0.2) is 11.8 Å². The Balaban J connectivity index is 2.97. The van der Waals surface area contributed by atoms with E-state index in [4.69, 9.17) is 5.73 Å². The maximum atomic E-state index is 12.9. The van der Waals surface area contributed by atoms with E-state index in [0.29, 0.717) is 17.5 Å². The summed E-state index contributed by atoms with van der Waals surface area (Å²) in [7, 11) is 0. The van der Waals surface area contributed by atoms with Crippen molar-refractivity contribution in [1.82, 2.24) is 0 Å². The number of ketones is 1. The lowest BCUT2D eigenvalue weighted by molar-refractivity contribution is 0.0959. The van der Waals surface area contributed by atoms with E-state index in [1.54, 1.807) is 6.92 Å². The highest BCUT2D eigenvalue weighted by molar-refractivity contribution is 6.00. The van der Waals surface area contributed by atoms with Gasteiger partial charge in [-0.1, -0.05) is 6.92 Å². The van der Waals surface area contributed by atoms with Crippen molar-refractivity contribution in [2.24, 2.45) is 5.73 Å². The lowest BCUT2D eigenvalue weighted by atomic mass is 10.0. The first-order valence-electron chi connectivity index (χ1n) is 4.62. The molecule has 0 aliphatic heterocycles. The SMILES string of the molecule is CCC(N)C(=O)c1ccc(F)c(C)c1. The number of carbonyl (C=O) groups is 1. The van der Waals surface area contributed by atoms with Crippen molar-refractivity contribution in [3.63, 3.8) is 0 Å². The fourth-order valence-corrected chi connectivity index (χ4v) is 1.20. The number of Topliss-reactive ketones (excluding diaryl/α,β-unsaturated/α-hetero) is 1. The van der Waals surface area contributed by atoms with Gasteiger partial charge >= 0.3 is 0 Å². The van der Waals surface area contributed by atoms with Gasteiger partial charge in [0.2, 0.25) is 0 Å². The van der Waals surface area contributed by atoms with Gasteiger partial charge in [-0.3, -0.25) is 4.79 Å². The Morgan fingerprint density at radius 2 is 2.21 bits per heavy atom. The van der Waals surface area contributed by atoms with E-state index >= 15 is 0 Å². The molecular formula is C11H14FNO. The second-order valence-electron chi connectivity index (χ2n) is 3.34. The van der Waals surface area contributed by atoms with Crippen LogP contribution in [0.15, 0.2) is 18.2 Å². The summed E-state index contributed by atoms with van der Waals surface area (Å²) in [4.78, 5) is 11.6. The van der Waals surface area contributed by atoms with Gasteiger partial charge < -0.3 is 5.73 Å². The summed E-state index contributed by atoms with van der Waals surface area (Å²) in [6, 6.07) is 3.82. The molecule has 3 heteroatoms. The number of benzene rings is 1. The number of carbonyl (C=O) groups excluding carboxylic acids is 1. The molecule has 1 aromatic carbocycles. The molecule has 1 atom stereocenters. The third-order valence-electron chi connectivity index (χ3n) is 2.22. The van der Waals surface area contributed by atoms with Crippen LogP contribution in [0.5, 0.6) is 0 Å². The zero-order valence-electron chi connectivity index (χ0n) is 8.38. The minimum absolute atomic E-state index is 0.129. The molecule has 1 unspecified atom stereocenters. The van der Waals surface area contributed by atoms with Gasteiger partial charge in [-0.15, -0.1) is 0 Å². The van der Waals surface area contributed by atoms with E-state index in [2.05, 4.69) is 0 Å². The molecule has 2 nitrogen and oxygen atoms in total. The highest BCUT2D eigenvalue weighted by Crippen LogP contribution is 2.11. The predicted octanol–water partition coefficient (Wildman–Crippen LogP) is 2.05. The first-order chi connectivity index (χ1) is 6.56. The molecule has 14 heavy (non-hydrogen) atoms. The Morgan fingerprint density at radius 1 is 1.57 bits per heavy atom. The normalized spacial score (nSPS) is 12.6.